The summed E-state index contributed by atoms with van der Waals surface area (Å²) in [6.07, 6.45) is 6.44. The van der Waals surface area contributed by atoms with Crippen molar-refractivity contribution < 1.29 is 4.42 Å². The summed E-state index contributed by atoms with van der Waals surface area (Å²) >= 11 is 0. The van der Waals surface area contributed by atoms with E-state index in [2.05, 4.69) is 293 Å². The Balaban J connectivity index is 0.788. The molecule has 0 N–H and O–H groups in total. The van der Waals surface area contributed by atoms with E-state index >= 15 is 0 Å². The van der Waals surface area contributed by atoms with Crippen LogP contribution in [-0.2, 0) is 10.8 Å². The van der Waals surface area contributed by atoms with Crippen molar-refractivity contribution >= 4 is 76.4 Å². The average Bonchev–Trinajstić information content (AvgIpc) is 1.52. The van der Waals surface area contributed by atoms with Gasteiger partial charge in [-0.15, -0.1) is 0 Å². The predicted octanol–water partition coefficient (Wildman–Crippen LogP) is 22.5. The molecular weight excluding hydrogens is 1100 g/mol. The van der Waals surface area contributed by atoms with Crippen molar-refractivity contribution in [1.29, 1.82) is 0 Å². The second-order valence-corrected chi connectivity index (χ2v) is 25.3. The lowest BCUT2D eigenvalue weighted by Gasteiger charge is -2.30. The largest absolute Gasteiger partial charge is 0.455 e. The monoisotopic (exact) mass is 1150 g/mol. The Morgan fingerprint density at radius 3 is 1.26 bits per heavy atom. The molecule has 2 spiro atoms. The molecule has 0 fully saturated rings. The molecule has 0 bridgehead atoms. The van der Waals surface area contributed by atoms with Gasteiger partial charge < -0.3 is 4.42 Å². The van der Waals surface area contributed by atoms with Crippen LogP contribution in [0.3, 0.4) is 0 Å². The summed E-state index contributed by atoms with van der Waals surface area (Å²) in [5.41, 5.74) is 32.1. The van der Waals surface area contributed by atoms with Crippen LogP contribution < -0.4 is 0 Å². The van der Waals surface area contributed by atoms with E-state index in [9.17, 15) is 0 Å². The third kappa shape index (κ3) is 6.61. The molecule has 91 heavy (non-hydrogen) atoms. The summed E-state index contributed by atoms with van der Waals surface area (Å²) in [6.45, 7) is 4.28. The molecular formula is C88H54N2O. The van der Waals surface area contributed by atoms with Crippen LogP contribution in [0.1, 0.15) is 69.6 Å². The van der Waals surface area contributed by atoms with Gasteiger partial charge in [0.1, 0.15) is 11.2 Å². The first kappa shape index (κ1) is 50.5. The van der Waals surface area contributed by atoms with Crippen molar-refractivity contribution in [1.82, 2.24) is 9.97 Å². The molecule has 0 aliphatic heterocycles. The molecule has 422 valence electrons. The van der Waals surface area contributed by atoms with Gasteiger partial charge in [0.2, 0.25) is 0 Å². The molecule has 0 amide bonds. The lowest BCUT2D eigenvalue weighted by atomic mass is 9.70. The Labute approximate surface area is 526 Å². The predicted molar refractivity (Wildman–Crippen MR) is 377 cm³/mol. The van der Waals surface area contributed by atoms with Gasteiger partial charge in [-0.3, -0.25) is 4.98 Å². The third-order valence-corrected chi connectivity index (χ3v) is 21.0. The summed E-state index contributed by atoms with van der Waals surface area (Å²) < 4.78 is 6.79. The van der Waals surface area contributed by atoms with Crippen LogP contribution in [0, 0.1) is 0 Å². The normalized spacial score (nSPS) is 14.4. The molecule has 14 aromatic carbocycles. The number of para-hydroxylation sites is 1. The third-order valence-electron chi connectivity index (χ3n) is 21.0. The molecule has 0 saturated carbocycles. The summed E-state index contributed by atoms with van der Waals surface area (Å²) in [5, 5.41) is 8.99. The number of hydrogen-bond acceptors (Lipinski definition) is 3. The van der Waals surface area contributed by atoms with Crippen LogP contribution in [-0.4, -0.2) is 9.97 Å². The first-order valence-electron chi connectivity index (χ1n) is 31.7. The van der Waals surface area contributed by atoms with Gasteiger partial charge in [-0.1, -0.05) is 243 Å². The fourth-order valence-electron chi connectivity index (χ4n) is 17.2. The number of furan rings is 1. The fourth-order valence-corrected chi connectivity index (χ4v) is 17.2. The highest BCUT2D eigenvalue weighted by Crippen LogP contribution is 2.65. The van der Waals surface area contributed by atoms with Crippen LogP contribution in [0.15, 0.2) is 296 Å². The zero-order valence-electron chi connectivity index (χ0n) is 50.0. The topological polar surface area (TPSA) is 38.9 Å². The molecule has 0 unspecified atom stereocenters. The number of benzene rings is 14. The number of aromatic nitrogens is 2. The maximum Gasteiger partial charge on any atom is 0.143 e. The molecule has 0 atom stereocenters. The standard InChI is InChI=1S/C88H54N2O/c1-3-52(70-47-57-20-4-5-21-58(57)83-69-28-12-19-35-82(69)91-86(70)83)44-51(2)81-50-89-84-71-45-53(55-38-42-67-65-26-10-17-33-77(65)87(79(67)48-55)73-29-13-6-22-61(73)62-23-7-14-30-74(62)87)36-40-59(71)60-41-37-54(46-72(60)85(84)90-81)56-39-43-68-66-27-11-18-34-78(66)88(80(68)49-56)75-31-15-8-24-63(75)64-25-9-16-32-76(64)88/h3-50H,1-2H3. The minimum atomic E-state index is -0.457. The Morgan fingerprint density at radius 1 is 0.363 bits per heavy atom. The molecule has 4 aliphatic carbocycles. The minimum absolute atomic E-state index is 0.450. The van der Waals surface area contributed by atoms with Gasteiger partial charge >= 0.3 is 0 Å². The van der Waals surface area contributed by atoms with Crippen LogP contribution in [0.5, 0.6) is 0 Å². The minimum Gasteiger partial charge on any atom is -0.455 e. The van der Waals surface area contributed by atoms with Crippen molar-refractivity contribution in [2.24, 2.45) is 0 Å². The van der Waals surface area contributed by atoms with E-state index < -0.39 is 10.8 Å². The maximum absolute atomic E-state index is 6.79. The van der Waals surface area contributed by atoms with Crippen molar-refractivity contribution in [2.45, 2.75) is 24.7 Å². The zero-order chi connectivity index (χ0) is 59.8. The van der Waals surface area contributed by atoms with Gasteiger partial charge in [-0.25, -0.2) is 4.98 Å². The van der Waals surface area contributed by atoms with E-state index in [4.69, 9.17) is 14.4 Å². The van der Waals surface area contributed by atoms with Gasteiger partial charge in [0, 0.05) is 27.1 Å². The molecule has 0 saturated heterocycles. The van der Waals surface area contributed by atoms with Gasteiger partial charge in [-0.2, -0.15) is 0 Å². The SMILES string of the molecule is CC=C(C=C(C)c1cnc2c3cc(-c4ccc5c(c4)C4(c6ccccc6-c6ccccc64)c4ccccc4-5)ccc3c3ccc(-c4ccc5c(c4)C4(c6ccccc6-c6ccccc64)c4ccccc4-5)cc3c2n1)c1cc2ccccc2c2c1oc1ccccc12. The summed E-state index contributed by atoms with van der Waals surface area (Å²) in [5.74, 6) is 0. The van der Waals surface area contributed by atoms with E-state index in [-0.39, 0.29) is 0 Å². The summed E-state index contributed by atoms with van der Waals surface area (Å²) in [7, 11) is 0. The first-order valence-corrected chi connectivity index (χ1v) is 31.7. The molecule has 3 nitrogen and oxygen atoms in total. The first-order chi connectivity index (χ1) is 45.0. The van der Waals surface area contributed by atoms with E-state index in [0.717, 1.165) is 99.2 Å². The van der Waals surface area contributed by atoms with E-state index in [1.165, 1.54) is 99.8 Å². The number of rotatable bonds is 5. The summed E-state index contributed by atoms with van der Waals surface area (Å²) in [6, 6.07) is 102. The molecule has 2 heterocycles. The lowest BCUT2D eigenvalue weighted by Crippen LogP contribution is -2.25. The quantitative estimate of drug-likeness (QED) is 0.127. The molecule has 4 aliphatic rings. The van der Waals surface area contributed by atoms with E-state index in [0.29, 0.717) is 0 Å². The van der Waals surface area contributed by atoms with Gasteiger partial charge in [0.15, 0.2) is 0 Å². The molecule has 0 radical (unpaired) electrons. The zero-order valence-corrected chi connectivity index (χ0v) is 50.0. The molecule has 20 rings (SSSR count). The van der Waals surface area contributed by atoms with Crippen LogP contribution in [0.4, 0.5) is 0 Å². The maximum atomic E-state index is 6.79. The second kappa shape index (κ2) is 18.5. The number of allylic oxidation sites excluding steroid dienone is 4. The van der Waals surface area contributed by atoms with Gasteiger partial charge in [0.05, 0.1) is 33.8 Å². The lowest BCUT2D eigenvalue weighted by molar-refractivity contribution is 0.668. The molecule has 2 aromatic heterocycles. The second-order valence-electron chi connectivity index (χ2n) is 25.3. The van der Waals surface area contributed by atoms with Crippen LogP contribution in [0.25, 0.3) is 143 Å². The number of hydrogen-bond donors (Lipinski definition) is 0. The molecule has 16 aromatic rings. The number of fused-ring (bicyclic) bond motifs is 31. The van der Waals surface area contributed by atoms with Crippen molar-refractivity contribution in [3.63, 3.8) is 0 Å². The van der Waals surface area contributed by atoms with E-state index in [1.54, 1.807) is 0 Å². The smallest absolute Gasteiger partial charge is 0.143 e. The Hall–Kier alpha value is -11.5. The van der Waals surface area contributed by atoms with Crippen LogP contribution in [0.2, 0.25) is 0 Å². The average molecular weight is 1160 g/mol. The van der Waals surface area contributed by atoms with Gasteiger partial charge in [0.25, 0.3) is 0 Å². The Bertz CT molecular complexity index is 5880. The Morgan fingerprint density at radius 2 is 0.769 bits per heavy atom. The highest BCUT2D eigenvalue weighted by molar-refractivity contribution is 6.25. The molecule has 3 heteroatoms. The Kier molecular flexibility index (Phi) is 10.3. The van der Waals surface area contributed by atoms with Crippen molar-refractivity contribution in [3.05, 3.63) is 347 Å². The number of nitrogens with zero attached hydrogens (tertiary/aromatic N) is 2. The highest BCUT2D eigenvalue weighted by atomic mass is 16.3. The van der Waals surface area contributed by atoms with Crippen molar-refractivity contribution in [3.8, 4) is 66.8 Å². The van der Waals surface area contributed by atoms with E-state index in [1.807, 2.05) is 12.3 Å². The summed E-state index contributed by atoms with van der Waals surface area (Å²) in [4.78, 5) is 11.3. The fraction of sp³-hybridized carbons (Fsp3) is 0.0455. The highest BCUT2D eigenvalue weighted by Gasteiger charge is 2.53. The van der Waals surface area contributed by atoms with Gasteiger partial charge in [-0.05, 0) is 200 Å². The van der Waals surface area contributed by atoms with Crippen molar-refractivity contribution in [2.75, 3.05) is 0 Å². The van der Waals surface area contributed by atoms with Crippen LogP contribution >= 0.6 is 0 Å².